The highest BCUT2D eigenvalue weighted by atomic mass is 16.4. The normalized spacial score (nSPS) is 18.5. The van der Waals surface area contributed by atoms with Crippen molar-refractivity contribution in [2.75, 3.05) is 19.6 Å². The standard InChI is InChI=1S/C13H24N2O3/c1-10(2)12(13(17)18)14-9-11(16)15-7-5-3-4-6-8-15/h10,12,14H,3-9H2,1-2H3,(H,17,18). The van der Waals surface area contributed by atoms with Gasteiger partial charge in [0.15, 0.2) is 0 Å². The fourth-order valence-electron chi connectivity index (χ4n) is 2.24. The van der Waals surface area contributed by atoms with Crippen LogP contribution in [0.1, 0.15) is 39.5 Å². The molecule has 5 heteroatoms. The number of likely N-dealkylation sites (tertiary alicyclic amines) is 1. The maximum absolute atomic E-state index is 12.0. The van der Waals surface area contributed by atoms with E-state index in [0.29, 0.717) is 0 Å². The van der Waals surface area contributed by atoms with E-state index in [0.717, 1.165) is 25.9 Å². The van der Waals surface area contributed by atoms with Crippen molar-refractivity contribution in [1.82, 2.24) is 10.2 Å². The van der Waals surface area contributed by atoms with E-state index in [9.17, 15) is 9.59 Å². The molecule has 1 atom stereocenters. The molecule has 1 rings (SSSR count). The molecule has 0 aromatic carbocycles. The first kappa shape index (κ1) is 15.0. The second-order valence-corrected chi connectivity index (χ2v) is 5.24. The number of carboxylic acid groups (broad SMARTS) is 1. The lowest BCUT2D eigenvalue weighted by atomic mass is 10.1. The molecule has 0 aromatic heterocycles. The molecule has 104 valence electrons. The van der Waals surface area contributed by atoms with Gasteiger partial charge in [-0.05, 0) is 18.8 Å². The highest BCUT2D eigenvalue weighted by molar-refractivity contribution is 5.80. The number of hydrogen-bond acceptors (Lipinski definition) is 3. The summed E-state index contributed by atoms with van der Waals surface area (Å²) in [4.78, 5) is 24.8. The van der Waals surface area contributed by atoms with Gasteiger partial charge in [-0.25, -0.2) is 0 Å². The number of carbonyl (C=O) groups excluding carboxylic acids is 1. The van der Waals surface area contributed by atoms with Gasteiger partial charge in [-0.15, -0.1) is 0 Å². The summed E-state index contributed by atoms with van der Waals surface area (Å²) in [5.41, 5.74) is 0. The zero-order valence-electron chi connectivity index (χ0n) is 11.3. The lowest BCUT2D eigenvalue weighted by Crippen LogP contribution is -2.47. The van der Waals surface area contributed by atoms with Crippen LogP contribution in [0.3, 0.4) is 0 Å². The number of amides is 1. The van der Waals surface area contributed by atoms with E-state index in [2.05, 4.69) is 5.32 Å². The fourth-order valence-corrected chi connectivity index (χ4v) is 2.24. The van der Waals surface area contributed by atoms with Crippen LogP contribution in [0.15, 0.2) is 0 Å². The van der Waals surface area contributed by atoms with Crippen molar-refractivity contribution in [2.45, 2.75) is 45.6 Å². The Hall–Kier alpha value is -1.10. The van der Waals surface area contributed by atoms with Gasteiger partial charge in [0.2, 0.25) is 5.91 Å². The first-order valence-corrected chi connectivity index (χ1v) is 6.76. The minimum Gasteiger partial charge on any atom is -0.480 e. The largest absolute Gasteiger partial charge is 0.480 e. The number of nitrogens with one attached hydrogen (secondary N) is 1. The van der Waals surface area contributed by atoms with E-state index in [1.807, 2.05) is 18.7 Å². The van der Waals surface area contributed by atoms with E-state index in [4.69, 9.17) is 5.11 Å². The van der Waals surface area contributed by atoms with Gasteiger partial charge in [-0.1, -0.05) is 26.7 Å². The van der Waals surface area contributed by atoms with Gasteiger partial charge >= 0.3 is 5.97 Å². The van der Waals surface area contributed by atoms with Gasteiger partial charge in [0.1, 0.15) is 6.04 Å². The Morgan fingerprint density at radius 1 is 1.17 bits per heavy atom. The van der Waals surface area contributed by atoms with Crippen LogP contribution in [-0.2, 0) is 9.59 Å². The summed E-state index contributed by atoms with van der Waals surface area (Å²) in [6.45, 7) is 5.40. The lowest BCUT2D eigenvalue weighted by Gasteiger charge is -2.23. The maximum atomic E-state index is 12.0. The highest BCUT2D eigenvalue weighted by Gasteiger charge is 2.23. The van der Waals surface area contributed by atoms with Crippen LogP contribution >= 0.6 is 0 Å². The molecule has 1 heterocycles. The first-order valence-electron chi connectivity index (χ1n) is 6.76. The van der Waals surface area contributed by atoms with Gasteiger partial charge in [0, 0.05) is 13.1 Å². The molecule has 1 aliphatic rings. The molecule has 1 unspecified atom stereocenters. The number of carbonyl (C=O) groups is 2. The Balaban J connectivity index is 2.41. The van der Waals surface area contributed by atoms with E-state index in [1.54, 1.807) is 0 Å². The number of aliphatic carboxylic acids is 1. The van der Waals surface area contributed by atoms with Crippen molar-refractivity contribution in [2.24, 2.45) is 5.92 Å². The number of rotatable bonds is 5. The van der Waals surface area contributed by atoms with Crippen LogP contribution in [-0.4, -0.2) is 47.6 Å². The molecule has 0 aromatic rings. The van der Waals surface area contributed by atoms with Crippen LogP contribution in [0.25, 0.3) is 0 Å². The molecule has 0 saturated carbocycles. The second kappa shape index (κ2) is 7.36. The van der Waals surface area contributed by atoms with Crippen molar-refractivity contribution in [3.05, 3.63) is 0 Å². The Morgan fingerprint density at radius 3 is 2.17 bits per heavy atom. The molecular weight excluding hydrogens is 232 g/mol. The summed E-state index contributed by atoms with van der Waals surface area (Å²) in [5, 5.41) is 11.9. The van der Waals surface area contributed by atoms with Crippen LogP contribution in [0.5, 0.6) is 0 Å². The Bertz CT molecular complexity index is 284. The smallest absolute Gasteiger partial charge is 0.320 e. The maximum Gasteiger partial charge on any atom is 0.320 e. The minimum absolute atomic E-state index is 0.0174. The third kappa shape index (κ3) is 4.64. The van der Waals surface area contributed by atoms with Gasteiger partial charge in [-0.2, -0.15) is 0 Å². The Morgan fingerprint density at radius 2 is 1.72 bits per heavy atom. The number of hydrogen-bond donors (Lipinski definition) is 2. The molecule has 1 aliphatic heterocycles. The molecule has 1 saturated heterocycles. The van der Waals surface area contributed by atoms with E-state index >= 15 is 0 Å². The van der Waals surface area contributed by atoms with E-state index < -0.39 is 12.0 Å². The molecule has 0 spiro atoms. The lowest BCUT2D eigenvalue weighted by molar-refractivity contribution is -0.141. The van der Waals surface area contributed by atoms with Crippen molar-refractivity contribution in [3.8, 4) is 0 Å². The van der Waals surface area contributed by atoms with Gasteiger partial charge in [0.05, 0.1) is 6.54 Å². The van der Waals surface area contributed by atoms with Crippen molar-refractivity contribution < 1.29 is 14.7 Å². The number of nitrogens with zero attached hydrogens (tertiary/aromatic N) is 1. The zero-order valence-corrected chi connectivity index (χ0v) is 11.3. The van der Waals surface area contributed by atoms with Gasteiger partial charge in [-0.3, -0.25) is 14.9 Å². The van der Waals surface area contributed by atoms with E-state index in [-0.39, 0.29) is 18.4 Å². The molecule has 18 heavy (non-hydrogen) atoms. The summed E-state index contributed by atoms with van der Waals surface area (Å²) in [5.74, 6) is -0.906. The summed E-state index contributed by atoms with van der Waals surface area (Å²) in [6, 6.07) is -0.652. The first-order chi connectivity index (χ1) is 8.52. The van der Waals surface area contributed by atoms with Crippen LogP contribution in [0.2, 0.25) is 0 Å². The van der Waals surface area contributed by atoms with Gasteiger partial charge < -0.3 is 10.0 Å². The molecule has 2 N–H and O–H groups in total. The van der Waals surface area contributed by atoms with Crippen LogP contribution in [0.4, 0.5) is 0 Å². The van der Waals surface area contributed by atoms with Crippen LogP contribution in [0, 0.1) is 5.92 Å². The Labute approximate surface area is 109 Å². The topological polar surface area (TPSA) is 69.6 Å². The molecular formula is C13H24N2O3. The predicted molar refractivity (Wildman–Crippen MR) is 69.3 cm³/mol. The van der Waals surface area contributed by atoms with E-state index in [1.165, 1.54) is 12.8 Å². The SMILES string of the molecule is CC(C)C(NCC(=O)N1CCCCCC1)C(=O)O. The quantitative estimate of drug-likeness (QED) is 0.772. The minimum atomic E-state index is -0.895. The molecule has 1 fully saturated rings. The monoisotopic (exact) mass is 256 g/mol. The third-order valence-corrected chi connectivity index (χ3v) is 3.36. The van der Waals surface area contributed by atoms with Gasteiger partial charge in [0.25, 0.3) is 0 Å². The average Bonchev–Trinajstić information content (AvgIpc) is 2.56. The Kier molecular flexibility index (Phi) is 6.12. The fraction of sp³-hybridized carbons (Fsp3) is 0.846. The highest BCUT2D eigenvalue weighted by Crippen LogP contribution is 2.09. The predicted octanol–water partition coefficient (Wildman–Crippen LogP) is 1.09. The average molecular weight is 256 g/mol. The molecule has 0 bridgehead atoms. The summed E-state index contributed by atoms with van der Waals surface area (Å²) in [7, 11) is 0. The number of carboxylic acids is 1. The molecule has 0 radical (unpaired) electrons. The summed E-state index contributed by atoms with van der Waals surface area (Å²) >= 11 is 0. The zero-order chi connectivity index (χ0) is 13.5. The molecule has 1 amide bonds. The van der Waals surface area contributed by atoms with Crippen molar-refractivity contribution in [3.63, 3.8) is 0 Å². The third-order valence-electron chi connectivity index (χ3n) is 3.36. The summed E-state index contributed by atoms with van der Waals surface area (Å²) in [6.07, 6.45) is 4.47. The molecule has 5 nitrogen and oxygen atoms in total. The second-order valence-electron chi connectivity index (χ2n) is 5.24. The van der Waals surface area contributed by atoms with Crippen LogP contribution < -0.4 is 5.32 Å². The molecule has 0 aliphatic carbocycles. The van der Waals surface area contributed by atoms with Crippen molar-refractivity contribution in [1.29, 1.82) is 0 Å². The van der Waals surface area contributed by atoms with Crippen molar-refractivity contribution >= 4 is 11.9 Å². The summed E-state index contributed by atoms with van der Waals surface area (Å²) < 4.78 is 0.